The second-order valence-electron chi connectivity index (χ2n) is 4.57. The number of likely N-dealkylation sites (N-methyl/N-ethyl adjacent to an activating group) is 2. The van der Waals surface area contributed by atoms with Crippen molar-refractivity contribution in [1.82, 2.24) is 20.4 Å². The third kappa shape index (κ3) is 15.4. The number of amides is 2. The van der Waals surface area contributed by atoms with Crippen molar-refractivity contribution in [1.29, 1.82) is 0 Å². The molecule has 111 valence electrons. The molecule has 2 amide bonds. The molecule has 0 saturated carbocycles. The first-order valence-electron chi connectivity index (χ1n) is 6.27. The van der Waals surface area contributed by atoms with Gasteiger partial charge in [-0.15, -0.1) is 0 Å². The van der Waals surface area contributed by atoms with Crippen LogP contribution in [-0.4, -0.2) is 75.0 Å². The number of carbonyl (C=O) groups excluding carboxylic acids is 2. The van der Waals surface area contributed by atoms with E-state index in [1.54, 1.807) is 0 Å². The SMILES string of the molecule is CC(=O)NCCN(C)CCN(C)CCNC(C)=O.[V]. The minimum absolute atomic E-state index is 0. The Morgan fingerprint density at radius 2 is 1.11 bits per heavy atom. The number of nitrogens with one attached hydrogen (secondary N) is 2. The van der Waals surface area contributed by atoms with Crippen molar-refractivity contribution in [2.75, 3.05) is 53.4 Å². The maximum absolute atomic E-state index is 10.7. The van der Waals surface area contributed by atoms with E-state index in [0.717, 1.165) is 26.2 Å². The Hall–Kier alpha value is -0.556. The van der Waals surface area contributed by atoms with Crippen molar-refractivity contribution in [2.24, 2.45) is 0 Å². The summed E-state index contributed by atoms with van der Waals surface area (Å²) >= 11 is 0. The summed E-state index contributed by atoms with van der Waals surface area (Å²) in [5.74, 6) is 0.0200. The topological polar surface area (TPSA) is 64.7 Å². The van der Waals surface area contributed by atoms with Gasteiger partial charge in [-0.25, -0.2) is 0 Å². The molecule has 0 aromatic heterocycles. The second-order valence-corrected chi connectivity index (χ2v) is 4.57. The minimum atomic E-state index is 0. The van der Waals surface area contributed by atoms with Crippen LogP contribution >= 0.6 is 0 Å². The fraction of sp³-hybridized carbons (Fsp3) is 0.833. The number of rotatable bonds is 9. The Bertz CT molecular complexity index is 238. The molecule has 6 nitrogen and oxygen atoms in total. The number of hydrogen-bond acceptors (Lipinski definition) is 4. The molecule has 0 fully saturated rings. The third-order valence-corrected chi connectivity index (χ3v) is 2.60. The van der Waals surface area contributed by atoms with Crippen molar-refractivity contribution < 1.29 is 28.1 Å². The number of nitrogens with zero attached hydrogens (tertiary/aromatic N) is 2. The van der Waals surface area contributed by atoms with Crippen LogP contribution in [0.2, 0.25) is 0 Å². The van der Waals surface area contributed by atoms with Crippen LogP contribution in [0, 0.1) is 0 Å². The number of hydrogen-bond donors (Lipinski definition) is 2. The fourth-order valence-corrected chi connectivity index (χ4v) is 1.41. The Morgan fingerprint density at radius 1 is 0.789 bits per heavy atom. The van der Waals surface area contributed by atoms with Gasteiger partial charge in [0.05, 0.1) is 0 Å². The van der Waals surface area contributed by atoms with Gasteiger partial charge in [0.15, 0.2) is 0 Å². The van der Waals surface area contributed by atoms with Crippen molar-refractivity contribution in [2.45, 2.75) is 13.8 Å². The molecule has 0 aliphatic carbocycles. The molecule has 0 rings (SSSR count). The predicted molar refractivity (Wildman–Crippen MR) is 72.4 cm³/mol. The second kappa shape index (κ2) is 12.5. The van der Waals surface area contributed by atoms with Crippen molar-refractivity contribution in [3.8, 4) is 0 Å². The molecule has 0 aromatic carbocycles. The van der Waals surface area contributed by atoms with Crippen LogP contribution in [0.3, 0.4) is 0 Å². The summed E-state index contributed by atoms with van der Waals surface area (Å²) in [6, 6.07) is 0. The quantitative estimate of drug-likeness (QED) is 0.581. The van der Waals surface area contributed by atoms with Gasteiger partial charge in [-0.1, -0.05) is 0 Å². The van der Waals surface area contributed by atoms with E-state index in [-0.39, 0.29) is 30.4 Å². The van der Waals surface area contributed by atoms with Crippen molar-refractivity contribution in [3.63, 3.8) is 0 Å². The third-order valence-electron chi connectivity index (χ3n) is 2.60. The van der Waals surface area contributed by atoms with Crippen LogP contribution in [-0.2, 0) is 28.1 Å². The normalized spacial score (nSPS) is 10.2. The Kier molecular flexibility index (Phi) is 13.6. The van der Waals surface area contributed by atoms with Crippen LogP contribution < -0.4 is 10.6 Å². The Labute approximate surface area is 128 Å². The number of carbonyl (C=O) groups is 2. The first-order valence-corrected chi connectivity index (χ1v) is 6.27. The molecular formula is C12H26N4O2V. The standard InChI is InChI=1S/C12H26N4O2.V/c1-11(17)13-5-7-15(3)9-10-16(4)8-6-14-12(2)18;/h5-10H2,1-4H3,(H,13,17)(H,14,18);. The summed E-state index contributed by atoms with van der Waals surface area (Å²) in [6.45, 7) is 7.99. The zero-order valence-electron chi connectivity index (χ0n) is 12.4. The summed E-state index contributed by atoms with van der Waals surface area (Å²) in [7, 11) is 4.06. The van der Waals surface area contributed by atoms with E-state index in [2.05, 4.69) is 20.4 Å². The van der Waals surface area contributed by atoms with E-state index < -0.39 is 0 Å². The summed E-state index contributed by atoms with van der Waals surface area (Å²) in [5.41, 5.74) is 0. The summed E-state index contributed by atoms with van der Waals surface area (Å²) in [6.07, 6.45) is 0. The summed E-state index contributed by atoms with van der Waals surface area (Å²) in [5, 5.41) is 5.54. The zero-order valence-corrected chi connectivity index (χ0v) is 13.8. The van der Waals surface area contributed by atoms with Gasteiger partial charge in [-0.2, -0.15) is 0 Å². The zero-order chi connectivity index (χ0) is 14.0. The van der Waals surface area contributed by atoms with Gasteiger partial charge >= 0.3 is 0 Å². The largest absolute Gasteiger partial charge is 0.355 e. The monoisotopic (exact) mass is 309 g/mol. The fourth-order valence-electron chi connectivity index (χ4n) is 1.41. The van der Waals surface area contributed by atoms with Gasteiger partial charge in [-0.3, -0.25) is 9.59 Å². The molecule has 19 heavy (non-hydrogen) atoms. The maximum Gasteiger partial charge on any atom is 0.216 e. The molecular weight excluding hydrogens is 283 g/mol. The average molecular weight is 309 g/mol. The molecule has 0 heterocycles. The van der Waals surface area contributed by atoms with E-state index in [0.29, 0.717) is 13.1 Å². The average Bonchev–Trinajstić information content (AvgIpc) is 2.25. The van der Waals surface area contributed by atoms with Gasteiger partial charge in [0.25, 0.3) is 0 Å². The van der Waals surface area contributed by atoms with Gasteiger partial charge in [0, 0.05) is 71.7 Å². The summed E-state index contributed by atoms with van der Waals surface area (Å²) < 4.78 is 0. The first kappa shape index (κ1) is 20.8. The van der Waals surface area contributed by atoms with E-state index in [1.807, 2.05) is 14.1 Å². The molecule has 0 aliphatic heterocycles. The van der Waals surface area contributed by atoms with Crippen LogP contribution in [0.1, 0.15) is 13.8 Å². The van der Waals surface area contributed by atoms with E-state index >= 15 is 0 Å². The molecule has 0 atom stereocenters. The molecule has 0 spiro atoms. The van der Waals surface area contributed by atoms with Gasteiger partial charge in [-0.05, 0) is 14.1 Å². The predicted octanol–water partition coefficient (Wildman–Crippen LogP) is -0.880. The molecule has 0 unspecified atom stereocenters. The molecule has 2 N–H and O–H groups in total. The van der Waals surface area contributed by atoms with Crippen molar-refractivity contribution >= 4 is 11.8 Å². The first-order chi connectivity index (χ1) is 8.41. The molecule has 0 aromatic rings. The van der Waals surface area contributed by atoms with Gasteiger partial charge in [0.2, 0.25) is 11.8 Å². The molecule has 0 saturated heterocycles. The van der Waals surface area contributed by atoms with Gasteiger partial charge in [0.1, 0.15) is 0 Å². The van der Waals surface area contributed by atoms with Crippen LogP contribution in [0.4, 0.5) is 0 Å². The maximum atomic E-state index is 10.7. The Morgan fingerprint density at radius 3 is 1.37 bits per heavy atom. The molecule has 7 heteroatoms. The van der Waals surface area contributed by atoms with Gasteiger partial charge < -0.3 is 20.4 Å². The molecule has 0 bridgehead atoms. The smallest absolute Gasteiger partial charge is 0.216 e. The van der Waals surface area contributed by atoms with Crippen molar-refractivity contribution in [3.05, 3.63) is 0 Å². The molecule has 0 aliphatic rings. The van der Waals surface area contributed by atoms with E-state index in [9.17, 15) is 9.59 Å². The van der Waals surface area contributed by atoms with E-state index in [1.165, 1.54) is 13.8 Å². The Balaban J connectivity index is 0. The minimum Gasteiger partial charge on any atom is -0.355 e. The molecule has 1 radical (unpaired) electrons. The van der Waals surface area contributed by atoms with Crippen LogP contribution in [0.25, 0.3) is 0 Å². The van der Waals surface area contributed by atoms with Crippen LogP contribution in [0.15, 0.2) is 0 Å². The van der Waals surface area contributed by atoms with E-state index in [4.69, 9.17) is 0 Å². The summed E-state index contributed by atoms with van der Waals surface area (Å²) in [4.78, 5) is 25.7. The van der Waals surface area contributed by atoms with Crippen LogP contribution in [0.5, 0.6) is 0 Å².